The molecule has 1 heterocycles. The third-order valence-corrected chi connectivity index (χ3v) is 4.20. The summed E-state index contributed by atoms with van der Waals surface area (Å²) in [6.45, 7) is 0. The average molecular weight is 289 g/mol. The van der Waals surface area contributed by atoms with Gasteiger partial charge < -0.3 is 0 Å². The molecule has 2 amide bonds. The molecule has 0 spiro atoms. The normalized spacial score (nSPS) is 14.9. The minimum Gasteiger partial charge on any atom is -0.283 e. The van der Waals surface area contributed by atoms with Gasteiger partial charge in [0, 0.05) is 12.7 Å². The molecule has 0 unspecified atom stereocenters. The van der Waals surface area contributed by atoms with Crippen LogP contribution in [0.25, 0.3) is 0 Å². The van der Waals surface area contributed by atoms with Crippen molar-refractivity contribution in [3.05, 3.63) is 29.3 Å². The molecule has 1 aromatic carbocycles. The predicted molar refractivity (Wildman–Crippen MR) is 66.1 cm³/mol. The number of rotatable bonds is 3. The number of amides is 2. The lowest BCUT2D eigenvalue weighted by atomic mass is 10.1. The largest absolute Gasteiger partial charge is 0.283 e. The SMILES string of the molecule is CN1C(=O)c2ccc(NS(=O)(=O)CCl)cc2C1=O. The van der Waals surface area contributed by atoms with Crippen LogP contribution in [0.2, 0.25) is 0 Å². The van der Waals surface area contributed by atoms with Crippen molar-refractivity contribution in [3.8, 4) is 0 Å². The Balaban J connectivity index is 2.41. The first-order valence-corrected chi connectivity index (χ1v) is 7.07. The number of hydrogen-bond acceptors (Lipinski definition) is 4. The van der Waals surface area contributed by atoms with Crippen LogP contribution in [0.4, 0.5) is 5.69 Å². The summed E-state index contributed by atoms with van der Waals surface area (Å²) in [4.78, 5) is 24.3. The van der Waals surface area contributed by atoms with E-state index in [0.29, 0.717) is 0 Å². The molecule has 6 nitrogen and oxygen atoms in total. The minimum absolute atomic E-state index is 0.178. The molecular weight excluding hydrogens is 280 g/mol. The van der Waals surface area contributed by atoms with Gasteiger partial charge in [0.05, 0.1) is 11.1 Å². The van der Waals surface area contributed by atoms with Gasteiger partial charge in [-0.2, -0.15) is 0 Å². The van der Waals surface area contributed by atoms with Crippen LogP contribution >= 0.6 is 11.6 Å². The standard InChI is InChI=1S/C10H9ClN2O4S/c1-13-9(14)7-3-2-6(4-8(7)10(13)15)12-18(16,17)5-11/h2-4,12H,5H2,1H3. The predicted octanol–water partition coefficient (Wildman–Crippen LogP) is 0.850. The molecule has 0 aromatic heterocycles. The van der Waals surface area contributed by atoms with Gasteiger partial charge in [-0.3, -0.25) is 19.2 Å². The molecule has 0 bridgehead atoms. The zero-order valence-electron chi connectivity index (χ0n) is 9.31. The zero-order chi connectivity index (χ0) is 13.5. The van der Waals surface area contributed by atoms with E-state index >= 15 is 0 Å². The summed E-state index contributed by atoms with van der Waals surface area (Å²) in [5.74, 6) is -0.858. The number of sulfonamides is 1. The molecule has 1 N–H and O–H groups in total. The lowest BCUT2D eigenvalue weighted by Gasteiger charge is -2.05. The summed E-state index contributed by atoms with van der Waals surface area (Å²) in [5.41, 5.74) is 0.638. The maximum absolute atomic E-state index is 11.7. The third kappa shape index (κ3) is 2.06. The van der Waals surface area contributed by atoms with Crippen LogP contribution in [0, 0.1) is 0 Å². The fourth-order valence-corrected chi connectivity index (χ4v) is 2.34. The zero-order valence-corrected chi connectivity index (χ0v) is 10.9. The highest BCUT2D eigenvalue weighted by atomic mass is 35.5. The molecule has 8 heteroatoms. The van der Waals surface area contributed by atoms with E-state index in [1.165, 1.54) is 25.2 Å². The van der Waals surface area contributed by atoms with Gasteiger partial charge in [-0.15, -0.1) is 11.6 Å². The van der Waals surface area contributed by atoms with Crippen molar-refractivity contribution in [1.82, 2.24) is 4.90 Å². The Labute approximate surface area is 109 Å². The van der Waals surface area contributed by atoms with Gasteiger partial charge in [-0.05, 0) is 18.2 Å². The second-order valence-electron chi connectivity index (χ2n) is 3.76. The number of hydrogen-bond donors (Lipinski definition) is 1. The fourth-order valence-electron chi connectivity index (χ4n) is 1.63. The summed E-state index contributed by atoms with van der Waals surface area (Å²) in [7, 11) is -2.26. The molecule has 0 saturated carbocycles. The number of fused-ring (bicyclic) bond motifs is 1. The lowest BCUT2D eigenvalue weighted by molar-refractivity contribution is 0.0693. The topological polar surface area (TPSA) is 83.6 Å². The Morgan fingerprint density at radius 3 is 2.44 bits per heavy atom. The Kier molecular flexibility index (Phi) is 3.04. The van der Waals surface area contributed by atoms with Crippen molar-refractivity contribution >= 4 is 39.1 Å². The van der Waals surface area contributed by atoms with Gasteiger partial charge in [0.2, 0.25) is 10.0 Å². The average Bonchev–Trinajstić information content (AvgIpc) is 2.54. The highest BCUT2D eigenvalue weighted by Crippen LogP contribution is 2.25. The molecule has 18 heavy (non-hydrogen) atoms. The Morgan fingerprint density at radius 2 is 1.83 bits per heavy atom. The number of carbonyl (C=O) groups excluding carboxylic acids is 2. The highest BCUT2D eigenvalue weighted by Gasteiger charge is 2.32. The third-order valence-electron chi connectivity index (χ3n) is 2.51. The molecule has 0 atom stereocenters. The van der Waals surface area contributed by atoms with Crippen molar-refractivity contribution < 1.29 is 18.0 Å². The van der Waals surface area contributed by atoms with Gasteiger partial charge in [0.1, 0.15) is 5.21 Å². The second-order valence-corrected chi connectivity index (χ2v) is 6.06. The van der Waals surface area contributed by atoms with Crippen LogP contribution in [0.15, 0.2) is 18.2 Å². The summed E-state index contributed by atoms with van der Waals surface area (Å²) in [6.07, 6.45) is 0. The molecule has 2 rings (SSSR count). The Bertz CT molecular complexity index is 641. The smallest absolute Gasteiger partial charge is 0.261 e. The second kappa shape index (κ2) is 4.25. The molecule has 1 aromatic rings. The van der Waals surface area contributed by atoms with E-state index in [1.54, 1.807) is 0 Å². The van der Waals surface area contributed by atoms with Crippen molar-refractivity contribution in [2.75, 3.05) is 17.0 Å². The van der Waals surface area contributed by atoms with Crippen molar-refractivity contribution in [1.29, 1.82) is 0 Å². The van der Waals surface area contributed by atoms with Crippen molar-refractivity contribution in [2.24, 2.45) is 0 Å². The van der Waals surface area contributed by atoms with E-state index in [2.05, 4.69) is 4.72 Å². The summed E-state index contributed by atoms with van der Waals surface area (Å²) < 4.78 is 24.8. The van der Waals surface area contributed by atoms with E-state index in [-0.39, 0.29) is 16.8 Å². The van der Waals surface area contributed by atoms with Crippen LogP contribution in [0.1, 0.15) is 20.7 Å². The first-order valence-electron chi connectivity index (χ1n) is 4.88. The van der Waals surface area contributed by atoms with E-state index < -0.39 is 27.0 Å². The van der Waals surface area contributed by atoms with Crippen LogP contribution in [0.5, 0.6) is 0 Å². The Morgan fingerprint density at radius 1 is 1.22 bits per heavy atom. The van der Waals surface area contributed by atoms with E-state index in [9.17, 15) is 18.0 Å². The summed E-state index contributed by atoms with van der Waals surface area (Å²) in [5, 5.41) is -0.586. The molecule has 1 aliphatic heterocycles. The van der Waals surface area contributed by atoms with Crippen LogP contribution in [-0.2, 0) is 10.0 Å². The number of nitrogens with zero attached hydrogens (tertiary/aromatic N) is 1. The number of nitrogens with one attached hydrogen (secondary N) is 1. The number of halogens is 1. The van der Waals surface area contributed by atoms with E-state index in [4.69, 9.17) is 11.6 Å². The lowest BCUT2D eigenvalue weighted by Crippen LogP contribution is -2.24. The maximum atomic E-state index is 11.7. The molecule has 0 radical (unpaired) electrons. The molecule has 0 saturated heterocycles. The quantitative estimate of drug-likeness (QED) is 0.660. The van der Waals surface area contributed by atoms with Crippen LogP contribution in [0.3, 0.4) is 0 Å². The van der Waals surface area contributed by atoms with E-state index in [1.807, 2.05) is 0 Å². The first-order chi connectivity index (χ1) is 8.35. The minimum atomic E-state index is -3.63. The van der Waals surface area contributed by atoms with Crippen molar-refractivity contribution in [3.63, 3.8) is 0 Å². The number of carbonyl (C=O) groups is 2. The molecule has 1 aliphatic rings. The van der Waals surface area contributed by atoms with Crippen LogP contribution in [-0.4, -0.2) is 37.4 Å². The summed E-state index contributed by atoms with van der Waals surface area (Å²) in [6, 6.07) is 4.14. The first kappa shape index (κ1) is 12.8. The van der Waals surface area contributed by atoms with E-state index in [0.717, 1.165) is 4.90 Å². The molecule has 0 fully saturated rings. The number of alkyl halides is 1. The van der Waals surface area contributed by atoms with Gasteiger partial charge in [-0.1, -0.05) is 0 Å². The summed E-state index contributed by atoms with van der Waals surface area (Å²) >= 11 is 5.26. The molecular formula is C10H9ClN2O4S. The highest BCUT2D eigenvalue weighted by molar-refractivity contribution is 7.93. The number of imide groups is 1. The number of anilines is 1. The Hall–Kier alpha value is -1.60. The molecule has 96 valence electrons. The van der Waals surface area contributed by atoms with Crippen molar-refractivity contribution in [2.45, 2.75) is 0 Å². The molecule has 0 aliphatic carbocycles. The van der Waals surface area contributed by atoms with Crippen LogP contribution < -0.4 is 4.72 Å². The van der Waals surface area contributed by atoms with Gasteiger partial charge in [0.25, 0.3) is 11.8 Å². The van der Waals surface area contributed by atoms with Gasteiger partial charge in [-0.25, -0.2) is 8.42 Å². The maximum Gasteiger partial charge on any atom is 0.261 e. The van der Waals surface area contributed by atoms with Gasteiger partial charge >= 0.3 is 0 Å². The monoisotopic (exact) mass is 288 g/mol. The fraction of sp³-hybridized carbons (Fsp3) is 0.200. The number of benzene rings is 1. The van der Waals surface area contributed by atoms with Gasteiger partial charge in [0.15, 0.2) is 0 Å².